The summed E-state index contributed by atoms with van der Waals surface area (Å²) in [4.78, 5) is 22.8. The van der Waals surface area contributed by atoms with Crippen LogP contribution in [-0.4, -0.2) is 21.0 Å². The van der Waals surface area contributed by atoms with Gasteiger partial charge in [0.15, 0.2) is 4.34 Å². The molecule has 0 unspecified atom stereocenters. The lowest BCUT2D eigenvalue weighted by Gasteiger charge is -2.02. The van der Waals surface area contributed by atoms with E-state index >= 15 is 0 Å². The van der Waals surface area contributed by atoms with Crippen molar-refractivity contribution in [1.29, 1.82) is 0 Å². The van der Waals surface area contributed by atoms with Crippen LogP contribution in [0.5, 0.6) is 0 Å². The number of carbonyl (C=O) groups is 1. The quantitative estimate of drug-likeness (QED) is 0.281. The van der Waals surface area contributed by atoms with Crippen LogP contribution in [-0.2, 0) is 5.75 Å². The number of amides is 1. The molecule has 0 fully saturated rings. The van der Waals surface area contributed by atoms with Crippen LogP contribution in [0.4, 0.5) is 10.8 Å². The molecule has 27 heavy (non-hydrogen) atoms. The van der Waals surface area contributed by atoms with Crippen LogP contribution in [0.1, 0.15) is 27.0 Å². The number of nitro benzene ring substituents is 1. The molecule has 3 rings (SSSR count). The van der Waals surface area contributed by atoms with E-state index in [1.807, 2.05) is 6.92 Å². The number of carbonyl (C=O) groups excluding carboxylic acids is 1. The first-order valence-electron chi connectivity index (χ1n) is 8.00. The largest absolute Gasteiger partial charge is 0.296 e. The number of aryl methyl sites for hydroxylation is 2. The molecule has 0 aliphatic rings. The number of benzene rings is 2. The summed E-state index contributed by atoms with van der Waals surface area (Å²) in [5.41, 5.74) is 3.01. The summed E-state index contributed by atoms with van der Waals surface area (Å²) in [6.07, 6.45) is 0. The zero-order chi connectivity index (χ0) is 19.4. The minimum atomic E-state index is -0.503. The molecule has 0 radical (unpaired) electrons. The molecule has 7 nitrogen and oxygen atoms in total. The summed E-state index contributed by atoms with van der Waals surface area (Å²) < 4.78 is 0.737. The number of nitrogens with one attached hydrogen (secondary N) is 1. The van der Waals surface area contributed by atoms with E-state index in [4.69, 9.17) is 0 Å². The second-order valence-electron chi connectivity index (χ2n) is 5.86. The van der Waals surface area contributed by atoms with Gasteiger partial charge in [-0.15, -0.1) is 10.2 Å². The van der Waals surface area contributed by atoms with Crippen molar-refractivity contribution >= 4 is 39.8 Å². The highest BCUT2D eigenvalue weighted by Crippen LogP contribution is 2.29. The number of nitro groups is 1. The maximum absolute atomic E-state index is 12.3. The lowest BCUT2D eigenvalue weighted by molar-refractivity contribution is -0.385. The summed E-state index contributed by atoms with van der Waals surface area (Å²) in [5, 5.41) is 22.0. The van der Waals surface area contributed by atoms with Crippen LogP contribution >= 0.6 is 23.1 Å². The number of rotatable bonds is 6. The highest BCUT2D eigenvalue weighted by Gasteiger charge is 2.16. The Labute approximate surface area is 164 Å². The van der Waals surface area contributed by atoms with Crippen molar-refractivity contribution in [3.63, 3.8) is 0 Å². The lowest BCUT2D eigenvalue weighted by atomic mass is 10.1. The van der Waals surface area contributed by atoms with Gasteiger partial charge in [-0.1, -0.05) is 59.0 Å². The molecule has 0 saturated carbocycles. The lowest BCUT2D eigenvalue weighted by Crippen LogP contribution is -2.12. The standard InChI is InChI=1S/C18H16N4O3S2/c1-11-3-6-13(7-4-11)10-26-18-21-20-17(27-18)19-16(23)14-8-5-12(2)15(9-14)22(24)25/h3-9H,10H2,1-2H3,(H,19,20,23). The van der Waals surface area contributed by atoms with Gasteiger partial charge in [0.2, 0.25) is 5.13 Å². The van der Waals surface area contributed by atoms with Crippen molar-refractivity contribution in [3.05, 3.63) is 74.8 Å². The Kier molecular flexibility index (Phi) is 5.82. The van der Waals surface area contributed by atoms with Crippen LogP contribution in [0.25, 0.3) is 0 Å². The third kappa shape index (κ3) is 4.89. The Morgan fingerprint density at radius 2 is 1.93 bits per heavy atom. The fraction of sp³-hybridized carbons (Fsp3) is 0.167. The summed E-state index contributed by atoms with van der Waals surface area (Å²) in [5.74, 6) is 0.303. The van der Waals surface area contributed by atoms with Crippen LogP contribution in [0, 0.1) is 24.0 Å². The Balaban J connectivity index is 1.63. The van der Waals surface area contributed by atoms with Gasteiger partial charge < -0.3 is 0 Å². The molecule has 0 bridgehead atoms. The van der Waals surface area contributed by atoms with E-state index in [-0.39, 0.29) is 11.3 Å². The highest BCUT2D eigenvalue weighted by molar-refractivity contribution is 8.00. The molecular formula is C18H16N4O3S2. The zero-order valence-corrected chi connectivity index (χ0v) is 16.3. The molecule has 1 heterocycles. The third-order valence-corrected chi connectivity index (χ3v) is 5.82. The van der Waals surface area contributed by atoms with Gasteiger partial charge in [0.05, 0.1) is 4.92 Å². The minimum Gasteiger partial charge on any atom is -0.296 e. The van der Waals surface area contributed by atoms with Crippen LogP contribution in [0.15, 0.2) is 46.8 Å². The topological polar surface area (TPSA) is 98.0 Å². The van der Waals surface area contributed by atoms with E-state index in [2.05, 4.69) is 39.8 Å². The first-order valence-corrected chi connectivity index (χ1v) is 9.81. The number of thioether (sulfide) groups is 1. The minimum absolute atomic E-state index is 0.0887. The monoisotopic (exact) mass is 400 g/mol. The fourth-order valence-electron chi connectivity index (χ4n) is 2.26. The van der Waals surface area contributed by atoms with Crippen molar-refractivity contribution in [2.24, 2.45) is 0 Å². The van der Waals surface area contributed by atoms with Crippen molar-refractivity contribution in [2.45, 2.75) is 23.9 Å². The second-order valence-corrected chi connectivity index (χ2v) is 8.06. The Hall–Kier alpha value is -2.78. The van der Waals surface area contributed by atoms with Crippen LogP contribution < -0.4 is 5.32 Å². The van der Waals surface area contributed by atoms with Gasteiger partial charge in [-0.25, -0.2) is 0 Å². The third-order valence-electron chi connectivity index (χ3n) is 3.78. The highest BCUT2D eigenvalue weighted by atomic mass is 32.2. The predicted molar refractivity (Wildman–Crippen MR) is 106 cm³/mol. The van der Waals surface area contributed by atoms with E-state index in [0.29, 0.717) is 10.7 Å². The molecule has 3 aromatic rings. The maximum atomic E-state index is 12.3. The van der Waals surface area contributed by atoms with Gasteiger partial charge in [0.1, 0.15) is 0 Å². The van der Waals surface area contributed by atoms with Gasteiger partial charge in [-0.3, -0.25) is 20.2 Å². The summed E-state index contributed by atoms with van der Waals surface area (Å²) in [6, 6.07) is 12.6. The van der Waals surface area contributed by atoms with E-state index in [1.54, 1.807) is 19.1 Å². The average molecular weight is 400 g/mol. The number of hydrogen-bond donors (Lipinski definition) is 1. The predicted octanol–water partition coefficient (Wildman–Crippen LogP) is 4.61. The molecule has 0 aliphatic heterocycles. The van der Waals surface area contributed by atoms with Crippen molar-refractivity contribution in [3.8, 4) is 0 Å². The molecule has 0 saturated heterocycles. The molecular weight excluding hydrogens is 384 g/mol. The summed E-state index contributed by atoms with van der Waals surface area (Å²) >= 11 is 2.80. The first-order chi connectivity index (χ1) is 12.9. The summed E-state index contributed by atoms with van der Waals surface area (Å²) in [6.45, 7) is 3.67. The Morgan fingerprint density at radius 3 is 2.63 bits per heavy atom. The molecule has 2 aromatic carbocycles. The van der Waals surface area contributed by atoms with E-state index in [1.165, 1.54) is 40.3 Å². The van der Waals surface area contributed by atoms with Crippen molar-refractivity contribution in [2.75, 3.05) is 5.32 Å². The van der Waals surface area contributed by atoms with Gasteiger partial charge in [-0.05, 0) is 25.5 Å². The Bertz CT molecular complexity index is 987. The maximum Gasteiger partial charge on any atom is 0.273 e. The first kappa shape index (κ1) is 19.0. The molecule has 1 amide bonds. The van der Waals surface area contributed by atoms with Gasteiger partial charge in [-0.2, -0.15) is 0 Å². The molecule has 0 atom stereocenters. The molecule has 0 aliphatic carbocycles. The average Bonchev–Trinajstić information content (AvgIpc) is 3.08. The smallest absolute Gasteiger partial charge is 0.273 e. The molecule has 1 aromatic heterocycles. The van der Waals surface area contributed by atoms with Gasteiger partial charge in [0, 0.05) is 22.9 Å². The van der Waals surface area contributed by atoms with Crippen LogP contribution in [0.2, 0.25) is 0 Å². The SMILES string of the molecule is Cc1ccc(CSc2nnc(NC(=O)c3ccc(C)c([N+](=O)[O-])c3)s2)cc1. The van der Waals surface area contributed by atoms with E-state index in [9.17, 15) is 14.9 Å². The van der Waals surface area contributed by atoms with E-state index < -0.39 is 10.8 Å². The normalized spacial score (nSPS) is 10.6. The van der Waals surface area contributed by atoms with Gasteiger partial charge >= 0.3 is 0 Å². The fourth-order valence-corrected chi connectivity index (χ4v) is 3.97. The van der Waals surface area contributed by atoms with Gasteiger partial charge in [0.25, 0.3) is 11.6 Å². The number of anilines is 1. The molecule has 138 valence electrons. The molecule has 1 N–H and O–H groups in total. The number of hydrogen-bond acceptors (Lipinski definition) is 7. The molecule has 0 spiro atoms. The Morgan fingerprint density at radius 1 is 1.19 bits per heavy atom. The van der Waals surface area contributed by atoms with Crippen molar-refractivity contribution in [1.82, 2.24) is 10.2 Å². The molecule has 9 heteroatoms. The second kappa shape index (κ2) is 8.28. The number of aromatic nitrogens is 2. The van der Waals surface area contributed by atoms with E-state index in [0.717, 1.165) is 10.1 Å². The number of nitrogens with zero attached hydrogens (tertiary/aromatic N) is 3. The zero-order valence-electron chi connectivity index (χ0n) is 14.6. The van der Waals surface area contributed by atoms with Crippen LogP contribution in [0.3, 0.4) is 0 Å². The van der Waals surface area contributed by atoms with Crippen molar-refractivity contribution < 1.29 is 9.72 Å². The summed E-state index contributed by atoms with van der Waals surface area (Å²) in [7, 11) is 0.